The fraction of sp³-hybridized carbons (Fsp3) is 0.867. The predicted octanol–water partition coefficient (Wildman–Crippen LogP) is 1.88. The summed E-state index contributed by atoms with van der Waals surface area (Å²) in [6.45, 7) is 4.50. The lowest BCUT2D eigenvalue weighted by atomic mass is 9.96. The van der Waals surface area contributed by atoms with Crippen molar-refractivity contribution in [2.45, 2.75) is 57.9 Å². The Hall–Kier alpha value is -1.10. The Morgan fingerprint density at radius 3 is 2.35 bits per heavy atom. The van der Waals surface area contributed by atoms with Crippen LogP contribution >= 0.6 is 0 Å². The molecule has 5 nitrogen and oxygen atoms in total. The van der Waals surface area contributed by atoms with E-state index in [0.29, 0.717) is 6.54 Å². The lowest BCUT2D eigenvalue weighted by Crippen LogP contribution is -2.48. The van der Waals surface area contributed by atoms with Crippen molar-refractivity contribution in [3.63, 3.8) is 0 Å². The number of piperidine rings is 1. The largest absolute Gasteiger partial charge is 0.335 e. The molecule has 0 atom stereocenters. The van der Waals surface area contributed by atoms with Gasteiger partial charge in [0.05, 0.1) is 6.54 Å². The average Bonchev–Trinajstić information content (AvgIpc) is 2.42. The summed E-state index contributed by atoms with van der Waals surface area (Å²) in [6, 6.07) is -0.0836. The molecule has 114 valence electrons. The van der Waals surface area contributed by atoms with E-state index in [1.807, 2.05) is 0 Å². The third-order valence-electron chi connectivity index (χ3n) is 4.44. The Balaban J connectivity index is 1.64. The summed E-state index contributed by atoms with van der Waals surface area (Å²) < 4.78 is 0. The van der Waals surface area contributed by atoms with E-state index in [9.17, 15) is 9.59 Å². The molecule has 0 aromatic rings. The number of nitrogens with one attached hydrogen (secondary N) is 2. The number of rotatable bonds is 3. The van der Waals surface area contributed by atoms with Crippen molar-refractivity contribution < 1.29 is 9.59 Å². The molecule has 1 aliphatic carbocycles. The van der Waals surface area contributed by atoms with Crippen molar-refractivity contribution in [2.75, 3.05) is 19.6 Å². The van der Waals surface area contributed by atoms with E-state index < -0.39 is 0 Å². The molecule has 0 bridgehead atoms. The first kappa shape index (κ1) is 15.3. The van der Waals surface area contributed by atoms with Crippen molar-refractivity contribution in [1.82, 2.24) is 15.5 Å². The number of imide groups is 1. The summed E-state index contributed by atoms with van der Waals surface area (Å²) in [4.78, 5) is 25.7. The highest BCUT2D eigenvalue weighted by Crippen LogP contribution is 2.17. The van der Waals surface area contributed by atoms with Crippen molar-refractivity contribution in [3.05, 3.63) is 0 Å². The SMILES string of the molecule is CC1CCN(CC(=O)NC(=O)NC2CCCCC2)CC1. The number of hydrogen-bond acceptors (Lipinski definition) is 3. The van der Waals surface area contributed by atoms with Gasteiger partial charge in [0.2, 0.25) is 5.91 Å². The zero-order valence-corrected chi connectivity index (χ0v) is 12.5. The average molecular weight is 281 g/mol. The van der Waals surface area contributed by atoms with Gasteiger partial charge in [-0.15, -0.1) is 0 Å². The number of nitrogens with zero attached hydrogens (tertiary/aromatic N) is 1. The first-order valence-corrected chi connectivity index (χ1v) is 7.96. The molecule has 2 N–H and O–H groups in total. The second-order valence-electron chi connectivity index (χ2n) is 6.32. The topological polar surface area (TPSA) is 61.4 Å². The van der Waals surface area contributed by atoms with E-state index >= 15 is 0 Å². The Labute approximate surface area is 121 Å². The van der Waals surface area contributed by atoms with Crippen molar-refractivity contribution in [2.24, 2.45) is 5.92 Å². The van der Waals surface area contributed by atoms with E-state index in [1.165, 1.54) is 19.3 Å². The van der Waals surface area contributed by atoms with Gasteiger partial charge in [-0.3, -0.25) is 15.0 Å². The minimum atomic E-state index is -0.327. The van der Waals surface area contributed by atoms with Crippen LogP contribution in [0.3, 0.4) is 0 Å². The van der Waals surface area contributed by atoms with Gasteiger partial charge in [-0.1, -0.05) is 26.2 Å². The molecule has 1 saturated carbocycles. The molecule has 0 unspecified atom stereocenters. The van der Waals surface area contributed by atoms with Crippen LogP contribution in [-0.2, 0) is 4.79 Å². The van der Waals surface area contributed by atoms with Crippen LogP contribution < -0.4 is 10.6 Å². The summed E-state index contributed by atoms with van der Waals surface area (Å²) in [5.41, 5.74) is 0. The van der Waals surface area contributed by atoms with Gasteiger partial charge >= 0.3 is 6.03 Å². The number of hydrogen-bond donors (Lipinski definition) is 2. The summed E-state index contributed by atoms with van der Waals surface area (Å²) in [6.07, 6.45) is 7.95. The molecular formula is C15H27N3O2. The van der Waals surface area contributed by atoms with Crippen LogP contribution in [0.4, 0.5) is 4.79 Å². The first-order chi connectivity index (χ1) is 9.63. The fourth-order valence-electron chi connectivity index (χ4n) is 3.06. The molecule has 20 heavy (non-hydrogen) atoms. The maximum Gasteiger partial charge on any atom is 0.321 e. The molecule has 3 amide bonds. The monoisotopic (exact) mass is 281 g/mol. The van der Waals surface area contributed by atoms with Gasteiger partial charge in [-0.25, -0.2) is 4.79 Å². The Morgan fingerprint density at radius 1 is 1.05 bits per heavy atom. The van der Waals surface area contributed by atoms with E-state index in [4.69, 9.17) is 0 Å². The maximum absolute atomic E-state index is 11.8. The Kier molecular flexibility index (Phi) is 5.83. The van der Waals surface area contributed by atoms with Crippen LogP contribution in [0.1, 0.15) is 51.9 Å². The zero-order chi connectivity index (χ0) is 14.4. The molecule has 1 heterocycles. The Bertz CT molecular complexity index is 332. The summed E-state index contributed by atoms with van der Waals surface area (Å²) >= 11 is 0. The number of amides is 3. The number of carbonyl (C=O) groups is 2. The zero-order valence-electron chi connectivity index (χ0n) is 12.5. The molecule has 0 radical (unpaired) electrons. The molecule has 1 saturated heterocycles. The van der Waals surface area contributed by atoms with Crippen molar-refractivity contribution in [1.29, 1.82) is 0 Å². The lowest BCUT2D eigenvalue weighted by Gasteiger charge is -2.29. The Morgan fingerprint density at radius 2 is 1.70 bits per heavy atom. The van der Waals surface area contributed by atoms with Crippen LogP contribution in [0.15, 0.2) is 0 Å². The second kappa shape index (κ2) is 7.62. The van der Waals surface area contributed by atoms with Crippen molar-refractivity contribution in [3.8, 4) is 0 Å². The molecular weight excluding hydrogens is 254 g/mol. The minimum absolute atomic E-state index is 0.187. The quantitative estimate of drug-likeness (QED) is 0.830. The molecule has 0 aromatic heterocycles. The highest BCUT2D eigenvalue weighted by Gasteiger charge is 2.20. The highest BCUT2D eigenvalue weighted by atomic mass is 16.2. The normalized spacial score (nSPS) is 22.4. The summed E-state index contributed by atoms with van der Waals surface area (Å²) in [5, 5.41) is 5.36. The van der Waals surface area contributed by atoms with Crippen LogP contribution in [-0.4, -0.2) is 42.5 Å². The van der Waals surface area contributed by atoms with Crippen molar-refractivity contribution >= 4 is 11.9 Å². The van der Waals surface area contributed by atoms with Crippen LogP contribution in [0.5, 0.6) is 0 Å². The first-order valence-electron chi connectivity index (χ1n) is 7.96. The second-order valence-corrected chi connectivity index (χ2v) is 6.32. The minimum Gasteiger partial charge on any atom is -0.335 e. The third kappa shape index (κ3) is 5.12. The standard InChI is InChI=1S/C15H27N3O2/c1-12-7-9-18(10-8-12)11-14(19)17-15(20)16-13-5-3-2-4-6-13/h12-13H,2-11H2,1H3,(H2,16,17,19,20). The smallest absolute Gasteiger partial charge is 0.321 e. The molecule has 2 rings (SSSR count). The third-order valence-corrected chi connectivity index (χ3v) is 4.44. The summed E-state index contributed by atoms with van der Waals surface area (Å²) in [7, 11) is 0. The predicted molar refractivity (Wildman–Crippen MR) is 78.4 cm³/mol. The maximum atomic E-state index is 11.8. The van der Waals surface area contributed by atoms with Gasteiger partial charge in [0.15, 0.2) is 0 Å². The number of likely N-dealkylation sites (tertiary alicyclic amines) is 1. The molecule has 2 aliphatic rings. The van der Waals surface area contributed by atoms with Gasteiger partial charge in [0, 0.05) is 6.04 Å². The highest BCUT2D eigenvalue weighted by molar-refractivity contribution is 5.95. The van der Waals surface area contributed by atoms with Gasteiger partial charge in [-0.05, 0) is 44.7 Å². The van der Waals surface area contributed by atoms with Crippen LogP contribution in [0, 0.1) is 5.92 Å². The van der Waals surface area contributed by atoms with E-state index in [2.05, 4.69) is 22.5 Å². The van der Waals surface area contributed by atoms with Gasteiger partial charge in [0.25, 0.3) is 0 Å². The number of carbonyl (C=O) groups excluding carboxylic acids is 2. The van der Waals surface area contributed by atoms with Gasteiger partial charge in [-0.2, -0.15) is 0 Å². The molecule has 0 spiro atoms. The van der Waals surface area contributed by atoms with E-state index in [1.54, 1.807) is 0 Å². The van der Waals surface area contributed by atoms with Crippen LogP contribution in [0.25, 0.3) is 0 Å². The van der Waals surface area contributed by atoms with Crippen LogP contribution in [0.2, 0.25) is 0 Å². The lowest BCUT2D eigenvalue weighted by molar-refractivity contribution is -0.121. The molecule has 0 aromatic carbocycles. The van der Waals surface area contributed by atoms with E-state index in [0.717, 1.165) is 44.7 Å². The van der Waals surface area contributed by atoms with Gasteiger partial charge < -0.3 is 5.32 Å². The molecule has 1 aliphatic heterocycles. The van der Waals surface area contributed by atoms with Gasteiger partial charge in [0.1, 0.15) is 0 Å². The van der Waals surface area contributed by atoms with E-state index in [-0.39, 0.29) is 18.0 Å². The summed E-state index contributed by atoms with van der Waals surface area (Å²) in [5.74, 6) is 0.566. The molecule has 5 heteroatoms. The number of urea groups is 1. The molecule has 2 fully saturated rings. The fourth-order valence-corrected chi connectivity index (χ4v) is 3.06.